The van der Waals surface area contributed by atoms with E-state index in [0.717, 1.165) is 6.07 Å². The molecule has 2 aromatic carbocycles. The van der Waals surface area contributed by atoms with Crippen molar-refractivity contribution in [1.29, 1.82) is 0 Å². The summed E-state index contributed by atoms with van der Waals surface area (Å²) in [5.74, 6) is 0.345. The molecule has 1 unspecified atom stereocenters. The highest BCUT2D eigenvalue weighted by molar-refractivity contribution is 7.93. The molecule has 3 rings (SSSR count). The van der Waals surface area contributed by atoms with Crippen molar-refractivity contribution in [1.82, 2.24) is 0 Å². The Bertz CT molecular complexity index is 979. The van der Waals surface area contributed by atoms with E-state index in [2.05, 4.69) is 4.72 Å². The SMILES string of the molecule is COc1ccccc1NS(=O)(=O)c1cc([N+](=O)[O-])ccc1N1CCOC(C)C1. The summed E-state index contributed by atoms with van der Waals surface area (Å²) in [6.45, 7) is 3.30. The maximum absolute atomic E-state index is 13.1. The van der Waals surface area contributed by atoms with Crippen LogP contribution < -0.4 is 14.4 Å². The molecule has 1 aliphatic heterocycles. The zero-order valence-corrected chi connectivity index (χ0v) is 16.3. The van der Waals surface area contributed by atoms with E-state index in [1.807, 2.05) is 11.8 Å². The molecule has 9 nitrogen and oxygen atoms in total. The van der Waals surface area contributed by atoms with Crippen molar-refractivity contribution in [2.45, 2.75) is 17.9 Å². The number of hydrogen-bond acceptors (Lipinski definition) is 7. The lowest BCUT2D eigenvalue weighted by Gasteiger charge is -2.34. The molecule has 1 aliphatic rings. The van der Waals surface area contributed by atoms with Gasteiger partial charge in [0.15, 0.2) is 0 Å². The van der Waals surface area contributed by atoms with Gasteiger partial charge in [-0.25, -0.2) is 8.42 Å². The molecule has 0 spiro atoms. The van der Waals surface area contributed by atoms with Crippen LogP contribution in [0.25, 0.3) is 0 Å². The number of hydrogen-bond donors (Lipinski definition) is 1. The smallest absolute Gasteiger partial charge is 0.270 e. The van der Waals surface area contributed by atoms with E-state index < -0.39 is 14.9 Å². The summed E-state index contributed by atoms with van der Waals surface area (Å²) < 4.78 is 39.5. The van der Waals surface area contributed by atoms with Gasteiger partial charge < -0.3 is 14.4 Å². The Morgan fingerprint density at radius 2 is 2.04 bits per heavy atom. The van der Waals surface area contributed by atoms with Crippen LogP contribution in [0.4, 0.5) is 17.1 Å². The number of nitrogens with one attached hydrogen (secondary N) is 1. The maximum Gasteiger partial charge on any atom is 0.270 e. The number of para-hydroxylation sites is 2. The van der Waals surface area contributed by atoms with Crippen LogP contribution in [0.5, 0.6) is 5.75 Å². The first kappa shape index (κ1) is 19.9. The quantitative estimate of drug-likeness (QED) is 0.579. The largest absolute Gasteiger partial charge is 0.495 e. The van der Waals surface area contributed by atoms with E-state index >= 15 is 0 Å². The van der Waals surface area contributed by atoms with Crippen molar-refractivity contribution in [3.63, 3.8) is 0 Å². The normalized spacial score (nSPS) is 17.2. The van der Waals surface area contributed by atoms with Crippen molar-refractivity contribution < 1.29 is 22.8 Å². The van der Waals surface area contributed by atoms with Crippen LogP contribution in [-0.2, 0) is 14.8 Å². The number of benzene rings is 2. The average molecular weight is 407 g/mol. The summed E-state index contributed by atoms with van der Waals surface area (Å²) in [5.41, 5.74) is 0.339. The van der Waals surface area contributed by atoms with Gasteiger partial charge in [-0.05, 0) is 25.1 Å². The second kappa shape index (κ2) is 8.03. The van der Waals surface area contributed by atoms with Gasteiger partial charge in [0.25, 0.3) is 15.7 Å². The van der Waals surface area contributed by atoms with Crippen LogP contribution in [-0.4, -0.2) is 46.3 Å². The summed E-state index contributed by atoms with van der Waals surface area (Å²) in [6, 6.07) is 10.4. The number of nitrogens with zero attached hydrogens (tertiary/aromatic N) is 2. The lowest BCUT2D eigenvalue weighted by atomic mass is 10.2. The molecular formula is C18H21N3O6S. The second-order valence-corrected chi connectivity index (χ2v) is 7.99. The molecule has 10 heteroatoms. The van der Waals surface area contributed by atoms with Crippen molar-refractivity contribution >= 4 is 27.1 Å². The van der Waals surface area contributed by atoms with E-state index in [-0.39, 0.29) is 22.4 Å². The van der Waals surface area contributed by atoms with Crippen molar-refractivity contribution in [3.8, 4) is 5.75 Å². The van der Waals surface area contributed by atoms with Crippen LogP contribution in [0.1, 0.15) is 6.92 Å². The van der Waals surface area contributed by atoms with Gasteiger partial charge >= 0.3 is 0 Å². The number of anilines is 2. The molecule has 1 fully saturated rings. The first-order valence-electron chi connectivity index (χ1n) is 8.62. The van der Waals surface area contributed by atoms with E-state index in [0.29, 0.717) is 31.1 Å². The Kier molecular flexibility index (Phi) is 5.71. The van der Waals surface area contributed by atoms with Gasteiger partial charge in [-0.1, -0.05) is 12.1 Å². The Morgan fingerprint density at radius 1 is 1.29 bits per heavy atom. The lowest BCUT2D eigenvalue weighted by Crippen LogP contribution is -2.41. The number of nitro groups is 1. The first-order chi connectivity index (χ1) is 13.3. The first-order valence-corrected chi connectivity index (χ1v) is 10.1. The molecule has 1 saturated heterocycles. The molecule has 0 amide bonds. The van der Waals surface area contributed by atoms with Gasteiger partial charge in [0.05, 0.1) is 36.1 Å². The molecule has 28 heavy (non-hydrogen) atoms. The Hall–Kier alpha value is -2.85. The molecular weight excluding hydrogens is 386 g/mol. The van der Waals surface area contributed by atoms with Gasteiger partial charge in [0.2, 0.25) is 0 Å². The highest BCUT2D eigenvalue weighted by Crippen LogP contribution is 2.33. The number of nitro benzene ring substituents is 1. The van der Waals surface area contributed by atoms with Crippen molar-refractivity contribution in [2.75, 3.05) is 36.4 Å². The summed E-state index contributed by atoms with van der Waals surface area (Å²) >= 11 is 0. The molecule has 0 saturated carbocycles. The molecule has 150 valence electrons. The van der Waals surface area contributed by atoms with Gasteiger partial charge in [0, 0.05) is 25.2 Å². The Morgan fingerprint density at radius 3 is 2.71 bits per heavy atom. The highest BCUT2D eigenvalue weighted by atomic mass is 32.2. The Balaban J connectivity index is 2.06. The summed E-state index contributed by atoms with van der Waals surface area (Å²) in [6.07, 6.45) is -0.0818. The van der Waals surface area contributed by atoms with Gasteiger partial charge in [-0.3, -0.25) is 14.8 Å². The minimum absolute atomic E-state index is 0.0818. The minimum atomic E-state index is -4.12. The van der Waals surface area contributed by atoms with Gasteiger partial charge in [-0.15, -0.1) is 0 Å². The van der Waals surface area contributed by atoms with E-state index in [1.54, 1.807) is 24.3 Å². The minimum Gasteiger partial charge on any atom is -0.495 e. The van der Waals surface area contributed by atoms with Crippen molar-refractivity contribution in [2.24, 2.45) is 0 Å². The number of ether oxygens (including phenoxy) is 2. The van der Waals surface area contributed by atoms with E-state index in [9.17, 15) is 18.5 Å². The maximum atomic E-state index is 13.1. The lowest BCUT2D eigenvalue weighted by molar-refractivity contribution is -0.385. The van der Waals surface area contributed by atoms with Gasteiger partial charge in [-0.2, -0.15) is 0 Å². The predicted octanol–water partition coefficient (Wildman–Crippen LogP) is 2.63. The third-order valence-corrected chi connectivity index (χ3v) is 5.77. The second-order valence-electron chi connectivity index (χ2n) is 6.34. The molecule has 0 aliphatic carbocycles. The van der Waals surface area contributed by atoms with Gasteiger partial charge in [0.1, 0.15) is 10.6 Å². The third kappa shape index (κ3) is 4.18. The highest BCUT2D eigenvalue weighted by Gasteiger charge is 2.28. The van der Waals surface area contributed by atoms with Crippen LogP contribution in [0.3, 0.4) is 0 Å². The zero-order valence-electron chi connectivity index (χ0n) is 15.5. The van der Waals surface area contributed by atoms with E-state index in [1.165, 1.54) is 19.2 Å². The average Bonchev–Trinajstić information content (AvgIpc) is 2.67. The summed E-state index contributed by atoms with van der Waals surface area (Å²) in [4.78, 5) is 12.3. The fraction of sp³-hybridized carbons (Fsp3) is 0.333. The van der Waals surface area contributed by atoms with Crippen molar-refractivity contribution in [3.05, 3.63) is 52.6 Å². The summed E-state index contributed by atoms with van der Waals surface area (Å²) in [7, 11) is -2.68. The number of morpholine rings is 1. The number of sulfonamides is 1. The van der Waals surface area contributed by atoms with E-state index in [4.69, 9.17) is 9.47 Å². The molecule has 2 aromatic rings. The number of non-ortho nitro benzene ring substituents is 1. The van der Waals surface area contributed by atoms with Crippen LogP contribution >= 0.6 is 0 Å². The van der Waals surface area contributed by atoms with Crippen LogP contribution in [0, 0.1) is 10.1 Å². The molecule has 0 radical (unpaired) electrons. The third-order valence-electron chi connectivity index (χ3n) is 4.38. The number of rotatable bonds is 6. The summed E-state index contributed by atoms with van der Waals surface area (Å²) in [5, 5.41) is 11.2. The van der Waals surface area contributed by atoms with Crippen LogP contribution in [0.2, 0.25) is 0 Å². The van der Waals surface area contributed by atoms with Crippen LogP contribution in [0.15, 0.2) is 47.4 Å². The molecule has 1 atom stereocenters. The molecule has 0 aromatic heterocycles. The topological polar surface area (TPSA) is 111 Å². The fourth-order valence-corrected chi connectivity index (χ4v) is 4.38. The predicted molar refractivity (Wildman–Crippen MR) is 105 cm³/mol. The molecule has 0 bridgehead atoms. The number of methoxy groups -OCH3 is 1. The molecule has 1 N–H and O–H groups in total. The Labute approximate surface area is 163 Å². The zero-order chi connectivity index (χ0) is 20.3. The standard InChI is InChI=1S/C18H21N3O6S/c1-13-12-20(9-10-27-13)16-8-7-14(21(22)23)11-18(16)28(24,25)19-15-5-3-4-6-17(15)26-2/h3-8,11,13,19H,9-10,12H2,1-2H3. The fourth-order valence-electron chi connectivity index (χ4n) is 3.06. The molecule has 1 heterocycles. The monoisotopic (exact) mass is 407 g/mol.